The molecule has 6 N–H and O–H groups in total. The van der Waals surface area contributed by atoms with Gasteiger partial charge in [0.25, 0.3) is 11.5 Å². The van der Waals surface area contributed by atoms with Gasteiger partial charge in [-0.15, -0.1) is 0 Å². The molecule has 43 heavy (non-hydrogen) atoms. The SMILES string of the molecule is NCCCCCOc1ccn2c(=O)cc(C(=O)NCC(NS(=O)(=O)c3ccccc3)C(=O)O)cc2c1.O=C(O)C(F)(F)F. The van der Waals surface area contributed by atoms with Gasteiger partial charge < -0.3 is 26.0 Å². The summed E-state index contributed by atoms with van der Waals surface area (Å²) in [4.78, 5) is 45.6. The Kier molecular flexibility index (Phi) is 12.6. The highest BCUT2D eigenvalue weighted by molar-refractivity contribution is 7.89. The molecule has 0 radical (unpaired) electrons. The van der Waals surface area contributed by atoms with E-state index < -0.39 is 52.2 Å². The number of pyridine rings is 2. The highest BCUT2D eigenvalue weighted by atomic mass is 32.2. The van der Waals surface area contributed by atoms with Gasteiger partial charge in [0, 0.05) is 30.4 Å². The number of hydrogen-bond acceptors (Lipinski definition) is 8. The van der Waals surface area contributed by atoms with E-state index in [4.69, 9.17) is 20.4 Å². The summed E-state index contributed by atoms with van der Waals surface area (Å²) >= 11 is 0. The van der Waals surface area contributed by atoms with Crippen LogP contribution in [0, 0.1) is 0 Å². The molecule has 0 aliphatic heterocycles. The summed E-state index contributed by atoms with van der Waals surface area (Å²) in [7, 11) is -4.13. The number of nitrogens with one attached hydrogen (secondary N) is 2. The van der Waals surface area contributed by atoms with Crippen molar-refractivity contribution in [3.63, 3.8) is 0 Å². The number of alkyl halides is 3. The van der Waals surface area contributed by atoms with Crippen molar-refractivity contribution in [2.45, 2.75) is 36.4 Å². The van der Waals surface area contributed by atoms with Gasteiger partial charge in [0.15, 0.2) is 0 Å². The predicted octanol–water partition coefficient (Wildman–Crippen LogP) is 1.60. The number of carboxylic acid groups (broad SMARTS) is 2. The average Bonchev–Trinajstić information content (AvgIpc) is 2.95. The first kappa shape index (κ1) is 34.7. The summed E-state index contributed by atoms with van der Waals surface area (Å²) in [6.07, 6.45) is -0.873. The van der Waals surface area contributed by atoms with Crippen molar-refractivity contribution in [1.82, 2.24) is 14.4 Å². The fourth-order valence-corrected chi connectivity index (χ4v) is 4.59. The van der Waals surface area contributed by atoms with E-state index in [2.05, 4.69) is 10.0 Å². The van der Waals surface area contributed by atoms with Crippen LogP contribution in [0.5, 0.6) is 5.75 Å². The Hall–Kier alpha value is -4.48. The second-order valence-corrected chi connectivity index (χ2v) is 10.5. The number of fused-ring (bicyclic) bond motifs is 1. The zero-order valence-electron chi connectivity index (χ0n) is 22.4. The average molecular weight is 631 g/mol. The van der Waals surface area contributed by atoms with Crippen molar-refractivity contribution < 1.29 is 50.9 Å². The number of aromatic nitrogens is 1. The molecule has 13 nitrogen and oxygen atoms in total. The Bertz CT molecular complexity index is 1580. The van der Waals surface area contributed by atoms with Crippen molar-refractivity contribution in [2.75, 3.05) is 19.7 Å². The van der Waals surface area contributed by atoms with Crippen LogP contribution < -0.4 is 26.1 Å². The lowest BCUT2D eigenvalue weighted by Gasteiger charge is -2.16. The lowest BCUT2D eigenvalue weighted by Crippen LogP contribution is -2.48. The Morgan fingerprint density at radius 3 is 2.23 bits per heavy atom. The fraction of sp³-hybridized carbons (Fsp3) is 0.308. The summed E-state index contributed by atoms with van der Waals surface area (Å²) in [5.74, 6) is -4.43. The number of benzene rings is 1. The summed E-state index contributed by atoms with van der Waals surface area (Å²) in [6, 6.07) is 11.5. The van der Waals surface area contributed by atoms with Crippen molar-refractivity contribution in [2.24, 2.45) is 5.73 Å². The standard InChI is InChI=1S/C24H28N4O7S.C2HF3O2/c25-10-5-2-6-12-35-19-9-11-28-18(15-19)13-17(14-22(28)29)23(30)26-16-21(24(31)32)27-36(33,34)20-7-3-1-4-8-20;3-2(4,5)1(6)7/h1,3-4,7-9,11,13-15,21,27H,2,5-6,10,12,16,25H2,(H,26,30)(H,31,32);(H,6,7). The van der Waals surface area contributed by atoms with E-state index in [0.29, 0.717) is 24.4 Å². The van der Waals surface area contributed by atoms with E-state index in [9.17, 15) is 41.1 Å². The molecule has 0 fully saturated rings. The van der Waals surface area contributed by atoms with E-state index in [1.165, 1.54) is 40.9 Å². The zero-order valence-corrected chi connectivity index (χ0v) is 23.2. The number of carbonyl (C=O) groups is 3. The third-order valence-corrected chi connectivity index (χ3v) is 7.00. The van der Waals surface area contributed by atoms with Crippen LogP contribution in [0.3, 0.4) is 0 Å². The minimum atomic E-state index is -5.08. The molecule has 0 bridgehead atoms. The third kappa shape index (κ3) is 11.0. The number of hydrogen-bond donors (Lipinski definition) is 5. The summed E-state index contributed by atoms with van der Waals surface area (Å²) in [5.41, 5.74) is 5.41. The first-order chi connectivity index (χ1) is 20.2. The van der Waals surface area contributed by atoms with E-state index in [0.717, 1.165) is 25.3 Å². The molecule has 1 unspecified atom stereocenters. The number of aliphatic carboxylic acids is 2. The molecule has 2 aromatic heterocycles. The molecule has 0 saturated heterocycles. The summed E-state index contributed by atoms with van der Waals surface area (Å²) in [6.45, 7) is 0.567. The van der Waals surface area contributed by atoms with Crippen LogP contribution in [0.2, 0.25) is 0 Å². The molecule has 0 saturated carbocycles. The van der Waals surface area contributed by atoms with E-state index in [1.807, 2.05) is 0 Å². The number of sulfonamides is 1. The molecule has 0 aliphatic rings. The number of nitrogens with two attached hydrogens (primary N) is 1. The maximum atomic E-state index is 12.7. The van der Waals surface area contributed by atoms with Gasteiger partial charge in [-0.3, -0.25) is 18.8 Å². The van der Waals surface area contributed by atoms with Crippen molar-refractivity contribution in [3.05, 3.63) is 76.7 Å². The number of amides is 1. The number of ether oxygens (including phenoxy) is 1. The first-order valence-corrected chi connectivity index (χ1v) is 14.0. The number of carboxylic acids is 2. The van der Waals surface area contributed by atoms with Crippen LogP contribution in [-0.4, -0.2) is 72.8 Å². The molecule has 3 rings (SSSR count). The molecule has 2 heterocycles. The van der Waals surface area contributed by atoms with E-state index in [1.54, 1.807) is 18.2 Å². The van der Waals surface area contributed by atoms with Crippen LogP contribution in [0.1, 0.15) is 29.6 Å². The maximum Gasteiger partial charge on any atom is 0.490 e. The van der Waals surface area contributed by atoms with E-state index in [-0.39, 0.29) is 10.5 Å². The Balaban J connectivity index is 0.000000821. The largest absolute Gasteiger partial charge is 0.493 e. The van der Waals surface area contributed by atoms with Crippen LogP contribution in [0.4, 0.5) is 13.2 Å². The van der Waals surface area contributed by atoms with Gasteiger partial charge >= 0.3 is 18.1 Å². The number of unbranched alkanes of at least 4 members (excludes halogenated alkanes) is 2. The Labute approximate surface area is 243 Å². The normalized spacial score (nSPS) is 12.1. The topological polar surface area (TPSA) is 207 Å². The van der Waals surface area contributed by atoms with Crippen molar-refractivity contribution in [3.8, 4) is 5.75 Å². The molecule has 1 aromatic carbocycles. The Morgan fingerprint density at radius 1 is 1.00 bits per heavy atom. The van der Waals surface area contributed by atoms with Gasteiger partial charge in [0.1, 0.15) is 11.8 Å². The maximum absolute atomic E-state index is 12.7. The minimum absolute atomic E-state index is 0.00449. The van der Waals surface area contributed by atoms with Crippen LogP contribution in [0.15, 0.2) is 70.5 Å². The molecule has 1 atom stereocenters. The lowest BCUT2D eigenvalue weighted by atomic mass is 10.2. The molecular formula is C26H29F3N4O9S. The molecule has 234 valence electrons. The first-order valence-electron chi connectivity index (χ1n) is 12.5. The van der Waals surface area contributed by atoms with Crippen LogP contribution in [-0.2, 0) is 19.6 Å². The summed E-state index contributed by atoms with van der Waals surface area (Å²) in [5, 5.41) is 19.0. The molecular weight excluding hydrogens is 601 g/mol. The smallest absolute Gasteiger partial charge is 0.490 e. The molecule has 17 heteroatoms. The molecule has 1 amide bonds. The highest BCUT2D eigenvalue weighted by Crippen LogP contribution is 2.16. The van der Waals surface area contributed by atoms with E-state index >= 15 is 0 Å². The zero-order chi connectivity index (χ0) is 32.2. The van der Waals surface area contributed by atoms with Gasteiger partial charge in [0.2, 0.25) is 10.0 Å². The summed E-state index contributed by atoms with van der Waals surface area (Å²) < 4.78 is 65.8. The van der Waals surface area contributed by atoms with Gasteiger partial charge in [-0.1, -0.05) is 18.2 Å². The van der Waals surface area contributed by atoms with Gasteiger partial charge in [0.05, 0.1) is 17.0 Å². The van der Waals surface area contributed by atoms with Crippen LogP contribution in [0.25, 0.3) is 5.52 Å². The fourth-order valence-electron chi connectivity index (χ4n) is 3.38. The van der Waals surface area contributed by atoms with Crippen LogP contribution >= 0.6 is 0 Å². The second kappa shape index (κ2) is 15.7. The van der Waals surface area contributed by atoms with Crippen molar-refractivity contribution >= 4 is 33.4 Å². The monoisotopic (exact) mass is 630 g/mol. The second-order valence-electron chi connectivity index (χ2n) is 8.78. The number of halogens is 3. The number of carbonyl (C=O) groups excluding carboxylic acids is 1. The quantitative estimate of drug-likeness (QED) is 0.172. The lowest BCUT2D eigenvalue weighted by molar-refractivity contribution is -0.192. The number of rotatable bonds is 13. The predicted molar refractivity (Wildman–Crippen MR) is 146 cm³/mol. The highest BCUT2D eigenvalue weighted by Gasteiger charge is 2.38. The number of nitrogens with zero attached hydrogens (tertiary/aromatic N) is 1. The van der Waals surface area contributed by atoms with Crippen molar-refractivity contribution in [1.29, 1.82) is 0 Å². The Morgan fingerprint density at radius 2 is 1.65 bits per heavy atom. The minimum Gasteiger partial charge on any atom is -0.493 e. The molecule has 0 aliphatic carbocycles. The third-order valence-electron chi connectivity index (χ3n) is 5.51. The molecule has 0 spiro atoms. The van der Waals surface area contributed by atoms with Gasteiger partial charge in [-0.25, -0.2) is 13.2 Å². The van der Waals surface area contributed by atoms with Gasteiger partial charge in [-0.2, -0.15) is 17.9 Å². The van der Waals surface area contributed by atoms with Gasteiger partial charge in [-0.05, 0) is 50.1 Å². The molecule has 3 aromatic rings.